The Hall–Kier alpha value is -1.89. The lowest BCUT2D eigenvalue weighted by molar-refractivity contribution is -0.129. The van der Waals surface area contributed by atoms with Gasteiger partial charge < -0.3 is 4.90 Å². The van der Waals surface area contributed by atoms with Gasteiger partial charge in [0, 0.05) is 31.6 Å². The monoisotopic (exact) mass is 366 g/mol. The van der Waals surface area contributed by atoms with Gasteiger partial charge >= 0.3 is 0 Å². The second kappa shape index (κ2) is 8.28. The fourth-order valence-corrected chi connectivity index (χ4v) is 3.32. The van der Waals surface area contributed by atoms with Crippen molar-refractivity contribution in [3.8, 4) is 0 Å². The first-order valence-electron chi connectivity index (χ1n) is 7.43. The first-order valence-corrected chi connectivity index (χ1v) is 9.29. The Kier molecular flexibility index (Phi) is 6.36. The zero-order valence-electron chi connectivity index (χ0n) is 13.3. The highest BCUT2D eigenvalue weighted by Gasteiger charge is 2.15. The fourth-order valence-electron chi connectivity index (χ4n) is 2.16. The van der Waals surface area contributed by atoms with Gasteiger partial charge in [-0.1, -0.05) is 41.9 Å². The first kappa shape index (κ1) is 18.4. The minimum Gasteiger partial charge on any atom is -0.337 e. The van der Waals surface area contributed by atoms with Crippen molar-refractivity contribution < 1.29 is 13.2 Å². The summed E-state index contributed by atoms with van der Waals surface area (Å²) in [6.07, 6.45) is 0. The van der Waals surface area contributed by atoms with Crippen LogP contribution >= 0.6 is 11.6 Å². The van der Waals surface area contributed by atoms with Crippen molar-refractivity contribution in [2.75, 3.05) is 13.1 Å². The van der Waals surface area contributed by atoms with Crippen LogP contribution in [0.3, 0.4) is 0 Å². The largest absolute Gasteiger partial charge is 0.337 e. The van der Waals surface area contributed by atoms with Gasteiger partial charge in [0.15, 0.2) is 0 Å². The normalized spacial score (nSPS) is 11.2. The maximum Gasteiger partial charge on any atom is 0.240 e. The highest BCUT2D eigenvalue weighted by Crippen LogP contribution is 2.12. The number of hydrogen-bond acceptors (Lipinski definition) is 3. The van der Waals surface area contributed by atoms with Crippen LogP contribution in [0.5, 0.6) is 0 Å². The molecule has 5 nitrogen and oxygen atoms in total. The molecular weight excluding hydrogens is 348 g/mol. The molecule has 0 atom stereocenters. The number of carbonyl (C=O) groups excluding carboxylic acids is 1. The van der Waals surface area contributed by atoms with E-state index in [2.05, 4.69) is 4.72 Å². The third-order valence-electron chi connectivity index (χ3n) is 3.46. The molecule has 0 aliphatic rings. The zero-order chi connectivity index (χ0) is 17.6. The topological polar surface area (TPSA) is 66.5 Å². The van der Waals surface area contributed by atoms with Crippen LogP contribution in [0.15, 0.2) is 59.5 Å². The van der Waals surface area contributed by atoms with Gasteiger partial charge in [-0.15, -0.1) is 0 Å². The summed E-state index contributed by atoms with van der Waals surface area (Å²) in [5, 5.41) is 0.628. The predicted octanol–water partition coefficient (Wildman–Crippen LogP) is 2.67. The van der Waals surface area contributed by atoms with E-state index in [0.29, 0.717) is 11.6 Å². The van der Waals surface area contributed by atoms with E-state index in [4.69, 9.17) is 11.6 Å². The van der Waals surface area contributed by atoms with E-state index in [1.807, 2.05) is 12.1 Å². The summed E-state index contributed by atoms with van der Waals surface area (Å²) in [5.41, 5.74) is 0.931. The molecule has 0 radical (unpaired) electrons. The van der Waals surface area contributed by atoms with Crippen LogP contribution in [0.25, 0.3) is 0 Å². The zero-order valence-corrected chi connectivity index (χ0v) is 14.8. The van der Waals surface area contributed by atoms with Gasteiger partial charge in [0.1, 0.15) is 0 Å². The molecule has 2 aromatic carbocycles. The second-order valence-electron chi connectivity index (χ2n) is 5.28. The number of nitrogens with one attached hydrogen (secondary N) is 1. The van der Waals surface area contributed by atoms with E-state index < -0.39 is 10.0 Å². The van der Waals surface area contributed by atoms with Gasteiger partial charge in [0.25, 0.3) is 0 Å². The molecule has 1 amide bonds. The van der Waals surface area contributed by atoms with Crippen molar-refractivity contribution in [1.29, 1.82) is 0 Å². The molecule has 2 aromatic rings. The van der Waals surface area contributed by atoms with E-state index in [0.717, 1.165) is 5.56 Å². The molecule has 0 aliphatic carbocycles. The SMILES string of the molecule is CC(=O)N(CCNS(=O)(=O)c1ccccc1)Cc1ccc(Cl)cc1. The molecule has 0 bridgehead atoms. The van der Waals surface area contributed by atoms with Crippen molar-refractivity contribution in [2.45, 2.75) is 18.4 Å². The van der Waals surface area contributed by atoms with E-state index in [-0.39, 0.29) is 23.9 Å². The number of benzene rings is 2. The molecule has 0 spiro atoms. The third-order valence-corrected chi connectivity index (χ3v) is 5.19. The lowest BCUT2D eigenvalue weighted by atomic mass is 10.2. The number of amides is 1. The molecule has 0 saturated heterocycles. The molecule has 0 fully saturated rings. The molecule has 0 aliphatic heterocycles. The van der Waals surface area contributed by atoms with E-state index >= 15 is 0 Å². The van der Waals surface area contributed by atoms with Gasteiger partial charge in [0.2, 0.25) is 15.9 Å². The Morgan fingerprint density at radius 2 is 1.71 bits per heavy atom. The van der Waals surface area contributed by atoms with Gasteiger partial charge in [-0.05, 0) is 29.8 Å². The highest BCUT2D eigenvalue weighted by atomic mass is 35.5. The van der Waals surface area contributed by atoms with Crippen molar-refractivity contribution in [1.82, 2.24) is 9.62 Å². The lowest BCUT2D eigenvalue weighted by Crippen LogP contribution is -2.37. The van der Waals surface area contributed by atoms with Crippen molar-refractivity contribution in [2.24, 2.45) is 0 Å². The average Bonchev–Trinajstić information content (AvgIpc) is 2.56. The fraction of sp³-hybridized carbons (Fsp3) is 0.235. The van der Waals surface area contributed by atoms with Gasteiger partial charge in [-0.3, -0.25) is 4.79 Å². The summed E-state index contributed by atoms with van der Waals surface area (Å²) in [6.45, 7) is 2.29. The Labute approximate surface area is 147 Å². The molecule has 0 saturated carbocycles. The number of nitrogens with zero attached hydrogens (tertiary/aromatic N) is 1. The minimum absolute atomic E-state index is 0.121. The molecular formula is C17H19ClN2O3S. The van der Waals surface area contributed by atoms with Crippen molar-refractivity contribution >= 4 is 27.5 Å². The van der Waals surface area contributed by atoms with Crippen LogP contribution in [0, 0.1) is 0 Å². The number of hydrogen-bond donors (Lipinski definition) is 1. The number of rotatable bonds is 7. The Balaban J connectivity index is 1.94. The van der Waals surface area contributed by atoms with E-state index in [9.17, 15) is 13.2 Å². The molecule has 128 valence electrons. The van der Waals surface area contributed by atoms with Crippen LogP contribution in [0.4, 0.5) is 0 Å². The summed E-state index contributed by atoms with van der Waals surface area (Å²) in [7, 11) is -3.57. The Morgan fingerprint density at radius 1 is 1.08 bits per heavy atom. The second-order valence-corrected chi connectivity index (χ2v) is 7.48. The van der Waals surface area contributed by atoms with Gasteiger partial charge in [-0.25, -0.2) is 13.1 Å². The minimum atomic E-state index is -3.57. The molecule has 7 heteroatoms. The summed E-state index contributed by atoms with van der Waals surface area (Å²) in [4.78, 5) is 13.5. The van der Waals surface area contributed by atoms with Crippen LogP contribution < -0.4 is 4.72 Å². The van der Waals surface area contributed by atoms with Crippen molar-refractivity contribution in [3.05, 3.63) is 65.2 Å². The summed E-state index contributed by atoms with van der Waals surface area (Å²) in [5.74, 6) is -0.121. The molecule has 0 aromatic heterocycles. The average molecular weight is 367 g/mol. The molecule has 0 unspecified atom stereocenters. The molecule has 24 heavy (non-hydrogen) atoms. The van der Waals surface area contributed by atoms with E-state index in [1.54, 1.807) is 35.2 Å². The number of halogens is 1. The van der Waals surface area contributed by atoms with Crippen LogP contribution in [-0.2, 0) is 21.4 Å². The van der Waals surface area contributed by atoms with Crippen LogP contribution in [-0.4, -0.2) is 32.3 Å². The van der Waals surface area contributed by atoms with E-state index in [1.165, 1.54) is 19.1 Å². The van der Waals surface area contributed by atoms with Gasteiger partial charge in [-0.2, -0.15) is 0 Å². The van der Waals surface area contributed by atoms with Crippen molar-refractivity contribution in [3.63, 3.8) is 0 Å². The number of sulfonamides is 1. The summed E-state index contributed by atoms with van der Waals surface area (Å²) >= 11 is 5.85. The van der Waals surface area contributed by atoms with Crippen LogP contribution in [0.2, 0.25) is 5.02 Å². The smallest absolute Gasteiger partial charge is 0.240 e. The van der Waals surface area contributed by atoms with Crippen LogP contribution in [0.1, 0.15) is 12.5 Å². The number of carbonyl (C=O) groups is 1. The maximum absolute atomic E-state index is 12.2. The van der Waals surface area contributed by atoms with Gasteiger partial charge in [0.05, 0.1) is 4.90 Å². The Morgan fingerprint density at radius 3 is 2.29 bits per heavy atom. The molecule has 0 heterocycles. The highest BCUT2D eigenvalue weighted by molar-refractivity contribution is 7.89. The third kappa shape index (κ3) is 5.33. The lowest BCUT2D eigenvalue weighted by Gasteiger charge is -2.21. The quantitative estimate of drug-likeness (QED) is 0.819. The standard InChI is InChI=1S/C17H19ClN2O3S/c1-14(21)20(13-15-7-9-16(18)10-8-15)12-11-19-24(22,23)17-5-3-2-4-6-17/h2-10,19H,11-13H2,1H3. The molecule has 1 N–H and O–H groups in total. The maximum atomic E-state index is 12.2. The first-order chi connectivity index (χ1) is 11.4. The summed E-state index contributed by atoms with van der Waals surface area (Å²) < 4.78 is 26.8. The summed E-state index contributed by atoms with van der Waals surface area (Å²) in [6, 6.07) is 15.3. The molecule has 2 rings (SSSR count). The predicted molar refractivity (Wildman–Crippen MR) is 94.2 cm³/mol. The Bertz CT molecular complexity index is 777.